The van der Waals surface area contributed by atoms with Crippen LogP contribution in [0.3, 0.4) is 0 Å². The average Bonchev–Trinajstić information content (AvgIpc) is 2.46. The Morgan fingerprint density at radius 3 is 2.71 bits per heavy atom. The monoisotopic (exact) mass is 296 g/mol. The predicted molar refractivity (Wildman–Crippen MR) is 86.9 cm³/mol. The van der Waals surface area contributed by atoms with Crippen molar-refractivity contribution < 1.29 is 0 Å². The van der Waals surface area contributed by atoms with E-state index in [0.29, 0.717) is 11.4 Å². The van der Waals surface area contributed by atoms with Gasteiger partial charge >= 0.3 is 0 Å². The van der Waals surface area contributed by atoms with Gasteiger partial charge in [0.1, 0.15) is 5.65 Å². The molecule has 0 spiro atoms. The first-order valence-corrected chi connectivity index (χ1v) is 7.80. The van der Waals surface area contributed by atoms with Crippen molar-refractivity contribution in [1.29, 1.82) is 0 Å². The van der Waals surface area contributed by atoms with E-state index < -0.39 is 0 Å². The third-order valence-corrected chi connectivity index (χ3v) is 4.61. The zero-order valence-corrected chi connectivity index (χ0v) is 12.9. The van der Waals surface area contributed by atoms with Crippen molar-refractivity contribution >= 4 is 17.4 Å². The lowest BCUT2D eigenvalue weighted by molar-refractivity contribution is 0.968. The van der Waals surface area contributed by atoms with Crippen molar-refractivity contribution in [3.05, 3.63) is 75.8 Å². The fraction of sp³-hybridized carbons (Fsp3) is 0.176. The molecule has 0 aliphatic carbocycles. The number of rotatable bonds is 3. The number of hydrogen-bond acceptors (Lipinski definition) is 3. The highest BCUT2D eigenvalue weighted by Gasteiger charge is 2.05. The molecule has 0 unspecified atom stereocenters. The highest BCUT2D eigenvalue weighted by molar-refractivity contribution is 7.98. The summed E-state index contributed by atoms with van der Waals surface area (Å²) >= 11 is 1.71. The molecule has 0 atom stereocenters. The Morgan fingerprint density at radius 2 is 1.90 bits per heavy atom. The van der Waals surface area contributed by atoms with Crippen LogP contribution in [0.5, 0.6) is 0 Å². The summed E-state index contributed by atoms with van der Waals surface area (Å²) in [7, 11) is 0. The Balaban J connectivity index is 1.92. The first-order valence-electron chi connectivity index (χ1n) is 6.82. The summed E-state index contributed by atoms with van der Waals surface area (Å²) in [6.45, 7) is 4.01. The number of pyridine rings is 1. The van der Waals surface area contributed by atoms with Crippen molar-refractivity contribution in [3.63, 3.8) is 0 Å². The molecule has 3 nitrogen and oxygen atoms in total. The molecule has 4 heteroatoms. The van der Waals surface area contributed by atoms with Gasteiger partial charge in [-0.1, -0.05) is 24.3 Å². The molecule has 2 heterocycles. The zero-order valence-electron chi connectivity index (χ0n) is 12.0. The second kappa shape index (κ2) is 5.74. The van der Waals surface area contributed by atoms with Gasteiger partial charge in [0, 0.05) is 22.4 Å². The molecule has 0 bridgehead atoms. The van der Waals surface area contributed by atoms with Gasteiger partial charge < -0.3 is 0 Å². The summed E-state index contributed by atoms with van der Waals surface area (Å²) in [5.41, 5.74) is 3.67. The highest BCUT2D eigenvalue weighted by atomic mass is 32.2. The SMILES string of the molecule is Cc1ccccc1SCc1cc(=O)n2c(C)cccc2n1. The van der Waals surface area contributed by atoms with Crippen molar-refractivity contribution in [2.24, 2.45) is 0 Å². The normalized spacial score (nSPS) is 11.0. The zero-order chi connectivity index (χ0) is 14.8. The summed E-state index contributed by atoms with van der Waals surface area (Å²) in [4.78, 5) is 18.0. The Morgan fingerprint density at radius 1 is 1.10 bits per heavy atom. The molecular formula is C17H16N2OS. The van der Waals surface area contributed by atoms with Crippen LogP contribution in [0.2, 0.25) is 0 Å². The highest BCUT2D eigenvalue weighted by Crippen LogP contribution is 2.24. The van der Waals surface area contributed by atoms with Crippen LogP contribution in [0.25, 0.3) is 5.65 Å². The number of fused-ring (bicyclic) bond motifs is 1. The van der Waals surface area contributed by atoms with Gasteiger partial charge in [-0.15, -0.1) is 11.8 Å². The Bertz CT molecular complexity index is 855. The van der Waals surface area contributed by atoms with E-state index in [4.69, 9.17) is 0 Å². The van der Waals surface area contributed by atoms with Gasteiger partial charge in [0.05, 0.1) is 5.69 Å². The standard InChI is InChI=1S/C17H16N2OS/c1-12-6-3-4-8-15(12)21-11-14-10-17(20)19-13(2)7-5-9-16(19)18-14/h3-10H,11H2,1-2H3. The molecule has 0 saturated heterocycles. The van der Waals surface area contributed by atoms with Gasteiger partial charge in [-0.3, -0.25) is 9.20 Å². The van der Waals surface area contributed by atoms with Crippen molar-refractivity contribution in [1.82, 2.24) is 9.38 Å². The summed E-state index contributed by atoms with van der Waals surface area (Å²) < 4.78 is 1.64. The molecule has 1 aromatic carbocycles. The molecule has 0 saturated carbocycles. The third kappa shape index (κ3) is 2.85. The molecule has 0 radical (unpaired) electrons. The van der Waals surface area contributed by atoms with Gasteiger partial charge in [0.2, 0.25) is 0 Å². The maximum Gasteiger partial charge on any atom is 0.258 e. The number of aryl methyl sites for hydroxylation is 2. The van der Waals surface area contributed by atoms with Crippen LogP contribution >= 0.6 is 11.8 Å². The van der Waals surface area contributed by atoms with E-state index in [-0.39, 0.29) is 5.56 Å². The summed E-state index contributed by atoms with van der Waals surface area (Å²) in [6.07, 6.45) is 0. The summed E-state index contributed by atoms with van der Waals surface area (Å²) in [6, 6.07) is 15.6. The van der Waals surface area contributed by atoms with E-state index in [1.54, 1.807) is 22.2 Å². The molecule has 3 aromatic rings. The van der Waals surface area contributed by atoms with Gasteiger partial charge in [-0.25, -0.2) is 4.98 Å². The van der Waals surface area contributed by atoms with E-state index in [1.807, 2.05) is 37.3 Å². The fourth-order valence-electron chi connectivity index (χ4n) is 2.31. The van der Waals surface area contributed by atoms with E-state index >= 15 is 0 Å². The van der Waals surface area contributed by atoms with Crippen molar-refractivity contribution in [2.75, 3.05) is 0 Å². The Hall–Kier alpha value is -2.07. The van der Waals surface area contributed by atoms with Crippen LogP contribution in [0.1, 0.15) is 17.0 Å². The lowest BCUT2D eigenvalue weighted by atomic mass is 10.2. The van der Waals surface area contributed by atoms with E-state index in [9.17, 15) is 4.79 Å². The molecule has 0 fully saturated rings. The fourth-order valence-corrected chi connectivity index (χ4v) is 3.23. The molecular weight excluding hydrogens is 280 g/mol. The maximum atomic E-state index is 12.2. The number of aromatic nitrogens is 2. The Labute approximate surface area is 127 Å². The largest absolute Gasteiger partial charge is 0.269 e. The van der Waals surface area contributed by atoms with E-state index in [1.165, 1.54) is 10.5 Å². The first-order chi connectivity index (χ1) is 10.1. The topological polar surface area (TPSA) is 34.4 Å². The van der Waals surface area contributed by atoms with Crippen LogP contribution in [0, 0.1) is 13.8 Å². The van der Waals surface area contributed by atoms with Crippen LogP contribution in [0.15, 0.2) is 58.2 Å². The molecule has 0 aliphatic heterocycles. The average molecular weight is 296 g/mol. The molecule has 3 rings (SSSR count). The van der Waals surface area contributed by atoms with Crippen molar-refractivity contribution in [2.45, 2.75) is 24.5 Å². The number of benzene rings is 1. The van der Waals surface area contributed by atoms with Crippen LogP contribution in [0.4, 0.5) is 0 Å². The van der Waals surface area contributed by atoms with E-state index in [2.05, 4.69) is 24.0 Å². The number of thioether (sulfide) groups is 1. The predicted octanol–water partition coefficient (Wildman–Crippen LogP) is 3.60. The summed E-state index contributed by atoms with van der Waals surface area (Å²) in [5, 5.41) is 0. The molecule has 0 amide bonds. The minimum Gasteiger partial charge on any atom is -0.269 e. The van der Waals surface area contributed by atoms with Crippen LogP contribution in [-0.2, 0) is 5.75 Å². The smallest absolute Gasteiger partial charge is 0.258 e. The van der Waals surface area contributed by atoms with Gasteiger partial charge in [-0.2, -0.15) is 0 Å². The molecule has 2 aromatic heterocycles. The quantitative estimate of drug-likeness (QED) is 0.693. The lowest BCUT2D eigenvalue weighted by Crippen LogP contribution is -2.17. The molecule has 0 N–H and O–H groups in total. The third-order valence-electron chi connectivity index (χ3n) is 3.40. The Kier molecular flexibility index (Phi) is 3.80. The minimum absolute atomic E-state index is 0.0153. The second-order valence-electron chi connectivity index (χ2n) is 5.00. The van der Waals surface area contributed by atoms with Gasteiger partial charge in [-0.05, 0) is 37.6 Å². The second-order valence-corrected chi connectivity index (χ2v) is 6.02. The minimum atomic E-state index is -0.0153. The molecule has 0 aliphatic rings. The molecule has 106 valence electrons. The van der Waals surface area contributed by atoms with Crippen LogP contribution < -0.4 is 5.56 Å². The number of hydrogen-bond donors (Lipinski definition) is 0. The summed E-state index contributed by atoms with van der Waals surface area (Å²) in [5.74, 6) is 0.699. The first kappa shape index (κ1) is 13.9. The maximum absolute atomic E-state index is 12.2. The van der Waals surface area contributed by atoms with Gasteiger partial charge in [0.15, 0.2) is 0 Å². The van der Waals surface area contributed by atoms with E-state index in [0.717, 1.165) is 11.4 Å². The molecule has 21 heavy (non-hydrogen) atoms. The van der Waals surface area contributed by atoms with Gasteiger partial charge in [0.25, 0.3) is 5.56 Å². The van der Waals surface area contributed by atoms with Crippen LogP contribution in [-0.4, -0.2) is 9.38 Å². The van der Waals surface area contributed by atoms with Crippen molar-refractivity contribution in [3.8, 4) is 0 Å². The number of nitrogens with zero attached hydrogens (tertiary/aromatic N) is 2. The lowest BCUT2D eigenvalue weighted by Gasteiger charge is -2.07.